The predicted octanol–water partition coefficient (Wildman–Crippen LogP) is 5.81. The molecular weight excluding hydrogens is 395 g/mol. The standard InChI is InChI=1S/C25H23FN2OS/c1-18-6-2-3-7-21(18)25(29)27-14-15-28-16-24(22-8-4-5-9-23(22)28)30-17-19-10-12-20(26)13-11-19/h2-13,16H,14-15,17H2,1H3,(H,27,29). The predicted molar refractivity (Wildman–Crippen MR) is 121 cm³/mol. The number of benzene rings is 3. The highest BCUT2D eigenvalue weighted by Crippen LogP contribution is 2.32. The number of halogens is 1. The molecule has 1 N–H and O–H groups in total. The number of para-hydroxylation sites is 1. The summed E-state index contributed by atoms with van der Waals surface area (Å²) in [4.78, 5) is 13.6. The number of thioether (sulfide) groups is 1. The summed E-state index contributed by atoms with van der Waals surface area (Å²) in [5.41, 5.74) is 3.92. The Labute approximate surface area is 179 Å². The molecule has 5 heteroatoms. The minimum atomic E-state index is -0.215. The number of nitrogens with zero attached hydrogens (tertiary/aromatic N) is 1. The average Bonchev–Trinajstić information content (AvgIpc) is 3.11. The smallest absolute Gasteiger partial charge is 0.251 e. The Bertz CT molecular complexity index is 1170. The molecule has 0 unspecified atom stereocenters. The van der Waals surface area contributed by atoms with Crippen molar-refractivity contribution in [3.8, 4) is 0 Å². The van der Waals surface area contributed by atoms with E-state index in [1.165, 1.54) is 22.4 Å². The molecular formula is C25H23FN2OS. The normalized spacial score (nSPS) is 11.0. The van der Waals surface area contributed by atoms with Crippen LogP contribution in [0.4, 0.5) is 4.39 Å². The fourth-order valence-electron chi connectivity index (χ4n) is 3.47. The van der Waals surface area contributed by atoms with Crippen molar-refractivity contribution in [1.29, 1.82) is 0 Å². The number of aromatic nitrogens is 1. The molecule has 0 radical (unpaired) electrons. The highest BCUT2D eigenvalue weighted by atomic mass is 32.2. The van der Waals surface area contributed by atoms with Gasteiger partial charge in [-0.25, -0.2) is 4.39 Å². The van der Waals surface area contributed by atoms with E-state index in [1.54, 1.807) is 11.8 Å². The zero-order chi connectivity index (χ0) is 20.9. The summed E-state index contributed by atoms with van der Waals surface area (Å²) in [5.74, 6) is 0.516. The van der Waals surface area contributed by atoms with E-state index < -0.39 is 0 Å². The summed E-state index contributed by atoms with van der Waals surface area (Å²) in [6.45, 7) is 3.18. The zero-order valence-corrected chi connectivity index (χ0v) is 17.6. The van der Waals surface area contributed by atoms with Gasteiger partial charge >= 0.3 is 0 Å². The van der Waals surface area contributed by atoms with E-state index in [0.29, 0.717) is 18.7 Å². The molecule has 0 aliphatic heterocycles. The van der Waals surface area contributed by atoms with Gasteiger partial charge in [-0.15, -0.1) is 11.8 Å². The molecule has 3 nitrogen and oxygen atoms in total. The Morgan fingerprint density at radius 1 is 1.00 bits per heavy atom. The molecule has 0 saturated heterocycles. The van der Waals surface area contributed by atoms with Crippen LogP contribution < -0.4 is 5.32 Å². The SMILES string of the molecule is Cc1ccccc1C(=O)NCCn1cc(SCc2ccc(F)cc2)c2ccccc21. The lowest BCUT2D eigenvalue weighted by molar-refractivity contribution is 0.0952. The number of fused-ring (bicyclic) bond motifs is 1. The third-order valence-electron chi connectivity index (χ3n) is 5.09. The van der Waals surface area contributed by atoms with Crippen LogP contribution in [-0.2, 0) is 12.3 Å². The third-order valence-corrected chi connectivity index (χ3v) is 6.20. The van der Waals surface area contributed by atoms with Gasteiger partial charge in [0.2, 0.25) is 0 Å². The van der Waals surface area contributed by atoms with Gasteiger partial charge in [-0.2, -0.15) is 0 Å². The second-order valence-electron chi connectivity index (χ2n) is 7.19. The molecule has 0 fully saturated rings. The van der Waals surface area contributed by atoms with Gasteiger partial charge in [-0.05, 0) is 42.3 Å². The maximum atomic E-state index is 13.1. The van der Waals surface area contributed by atoms with Crippen LogP contribution >= 0.6 is 11.8 Å². The molecule has 0 bridgehead atoms. The van der Waals surface area contributed by atoms with Crippen molar-refractivity contribution in [3.05, 3.63) is 102 Å². The Morgan fingerprint density at radius 3 is 2.53 bits per heavy atom. The first-order chi connectivity index (χ1) is 14.6. The number of carbonyl (C=O) groups is 1. The van der Waals surface area contributed by atoms with Crippen LogP contribution in [0.15, 0.2) is 83.9 Å². The van der Waals surface area contributed by atoms with Gasteiger partial charge in [0, 0.05) is 46.4 Å². The van der Waals surface area contributed by atoms with Gasteiger partial charge in [0.15, 0.2) is 0 Å². The lowest BCUT2D eigenvalue weighted by Crippen LogP contribution is -2.27. The fraction of sp³-hybridized carbons (Fsp3) is 0.160. The van der Waals surface area contributed by atoms with Crippen LogP contribution in [0.25, 0.3) is 10.9 Å². The van der Waals surface area contributed by atoms with Crippen LogP contribution in [-0.4, -0.2) is 17.0 Å². The van der Waals surface area contributed by atoms with Crippen LogP contribution in [0.2, 0.25) is 0 Å². The minimum absolute atomic E-state index is 0.0459. The largest absolute Gasteiger partial charge is 0.350 e. The van der Waals surface area contributed by atoms with E-state index in [2.05, 4.69) is 28.2 Å². The van der Waals surface area contributed by atoms with Crippen molar-refractivity contribution in [3.63, 3.8) is 0 Å². The maximum absolute atomic E-state index is 13.1. The molecule has 0 atom stereocenters. The summed E-state index contributed by atoms with van der Waals surface area (Å²) in [6, 6.07) is 22.5. The first-order valence-electron chi connectivity index (χ1n) is 9.91. The monoisotopic (exact) mass is 418 g/mol. The van der Waals surface area contributed by atoms with Crippen LogP contribution in [0.3, 0.4) is 0 Å². The molecule has 4 aromatic rings. The molecule has 0 aliphatic rings. The number of hydrogen-bond acceptors (Lipinski definition) is 2. The Hall–Kier alpha value is -3.05. The molecule has 0 aliphatic carbocycles. The molecule has 1 amide bonds. The summed E-state index contributed by atoms with van der Waals surface area (Å²) in [6.07, 6.45) is 2.14. The Morgan fingerprint density at radius 2 is 1.73 bits per heavy atom. The number of rotatable bonds is 7. The zero-order valence-electron chi connectivity index (χ0n) is 16.8. The lowest BCUT2D eigenvalue weighted by atomic mass is 10.1. The van der Waals surface area contributed by atoms with Crippen LogP contribution in [0, 0.1) is 12.7 Å². The molecule has 0 spiro atoms. The van der Waals surface area contributed by atoms with Crippen molar-refractivity contribution in [1.82, 2.24) is 9.88 Å². The number of nitrogens with one attached hydrogen (secondary N) is 1. The first kappa shape index (κ1) is 20.2. The van der Waals surface area contributed by atoms with Gasteiger partial charge in [-0.1, -0.05) is 48.5 Å². The van der Waals surface area contributed by atoms with E-state index in [4.69, 9.17) is 0 Å². The number of carbonyl (C=O) groups excluding carboxylic acids is 1. The quantitative estimate of drug-likeness (QED) is 0.384. The number of hydrogen-bond donors (Lipinski definition) is 1. The Balaban J connectivity index is 1.44. The van der Waals surface area contributed by atoms with Gasteiger partial charge < -0.3 is 9.88 Å². The number of aryl methyl sites for hydroxylation is 1. The van der Waals surface area contributed by atoms with Crippen LogP contribution in [0.1, 0.15) is 21.5 Å². The molecule has 152 valence electrons. The second kappa shape index (κ2) is 9.18. The molecule has 0 saturated carbocycles. The van der Waals surface area contributed by atoms with Crippen molar-refractivity contribution in [2.45, 2.75) is 24.1 Å². The van der Waals surface area contributed by atoms with Crippen molar-refractivity contribution >= 4 is 28.6 Å². The molecule has 3 aromatic carbocycles. The van der Waals surface area contributed by atoms with E-state index in [9.17, 15) is 9.18 Å². The van der Waals surface area contributed by atoms with Gasteiger partial charge in [-0.3, -0.25) is 4.79 Å². The minimum Gasteiger partial charge on any atom is -0.350 e. The maximum Gasteiger partial charge on any atom is 0.251 e. The topological polar surface area (TPSA) is 34.0 Å². The fourth-order valence-corrected chi connectivity index (χ4v) is 4.51. The molecule has 30 heavy (non-hydrogen) atoms. The second-order valence-corrected chi connectivity index (χ2v) is 8.21. The first-order valence-corrected chi connectivity index (χ1v) is 10.9. The van der Waals surface area contributed by atoms with Gasteiger partial charge in [0.05, 0.1) is 0 Å². The molecule has 4 rings (SSSR count). The summed E-state index contributed by atoms with van der Waals surface area (Å²) in [5, 5.41) is 4.21. The third kappa shape index (κ3) is 4.57. The van der Waals surface area contributed by atoms with E-state index >= 15 is 0 Å². The molecule has 1 heterocycles. The van der Waals surface area contributed by atoms with E-state index in [-0.39, 0.29) is 11.7 Å². The van der Waals surface area contributed by atoms with Gasteiger partial charge in [0.25, 0.3) is 5.91 Å². The van der Waals surface area contributed by atoms with E-state index in [0.717, 1.165) is 22.4 Å². The average molecular weight is 419 g/mol. The summed E-state index contributed by atoms with van der Waals surface area (Å²) in [7, 11) is 0. The number of amides is 1. The van der Waals surface area contributed by atoms with E-state index in [1.807, 2.05) is 55.5 Å². The summed E-state index contributed by atoms with van der Waals surface area (Å²) < 4.78 is 15.3. The van der Waals surface area contributed by atoms with Crippen molar-refractivity contribution in [2.75, 3.05) is 6.54 Å². The van der Waals surface area contributed by atoms with Crippen LogP contribution in [0.5, 0.6) is 0 Å². The van der Waals surface area contributed by atoms with Crippen molar-refractivity contribution in [2.24, 2.45) is 0 Å². The van der Waals surface area contributed by atoms with Crippen molar-refractivity contribution < 1.29 is 9.18 Å². The lowest BCUT2D eigenvalue weighted by Gasteiger charge is -2.09. The Kier molecular flexibility index (Phi) is 6.19. The van der Waals surface area contributed by atoms with Gasteiger partial charge in [0.1, 0.15) is 5.82 Å². The summed E-state index contributed by atoms with van der Waals surface area (Å²) >= 11 is 1.74. The highest BCUT2D eigenvalue weighted by molar-refractivity contribution is 7.98. The molecule has 1 aromatic heterocycles. The highest BCUT2D eigenvalue weighted by Gasteiger charge is 2.11.